The van der Waals surface area contributed by atoms with Crippen molar-refractivity contribution in [1.82, 2.24) is 4.98 Å². The Hall–Kier alpha value is -1.29. The van der Waals surface area contributed by atoms with Crippen LogP contribution in [0.1, 0.15) is 12.5 Å². The molecule has 0 saturated carbocycles. The molecular weight excluding hydrogens is 210 g/mol. The van der Waals surface area contributed by atoms with Crippen molar-refractivity contribution in [2.24, 2.45) is 0 Å². The van der Waals surface area contributed by atoms with E-state index in [-0.39, 0.29) is 0 Å². The van der Waals surface area contributed by atoms with Gasteiger partial charge in [0.05, 0.1) is 5.52 Å². The summed E-state index contributed by atoms with van der Waals surface area (Å²) < 4.78 is 22.9. The SMILES string of the molecule is C[C](c1cccc2cc[nH]c12)S(C)(=O)=O. The zero-order chi connectivity index (χ0) is 11.1. The summed E-state index contributed by atoms with van der Waals surface area (Å²) in [7, 11) is -3.13. The number of benzene rings is 1. The van der Waals surface area contributed by atoms with Crippen molar-refractivity contribution in [2.75, 3.05) is 6.26 Å². The first-order valence-electron chi connectivity index (χ1n) is 4.60. The summed E-state index contributed by atoms with van der Waals surface area (Å²) in [5.41, 5.74) is 1.63. The molecule has 0 saturated heterocycles. The minimum Gasteiger partial charge on any atom is -0.361 e. The normalized spacial score (nSPS) is 12.5. The number of hydrogen-bond donors (Lipinski definition) is 1. The van der Waals surface area contributed by atoms with Crippen molar-refractivity contribution in [1.29, 1.82) is 0 Å². The quantitative estimate of drug-likeness (QED) is 0.846. The van der Waals surface area contributed by atoms with Gasteiger partial charge in [0.25, 0.3) is 0 Å². The second-order valence-electron chi connectivity index (χ2n) is 3.58. The minimum atomic E-state index is -3.13. The molecular formula is C11H12NO2S. The van der Waals surface area contributed by atoms with E-state index in [1.807, 2.05) is 30.5 Å². The van der Waals surface area contributed by atoms with Crippen molar-refractivity contribution in [2.45, 2.75) is 6.92 Å². The van der Waals surface area contributed by atoms with Crippen LogP contribution in [-0.2, 0) is 9.84 Å². The Balaban J connectivity index is 2.66. The van der Waals surface area contributed by atoms with E-state index in [2.05, 4.69) is 4.98 Å². The maximum absolute atomic E-state index is 11.4. The van der Waals surface area contributed by atoms with Gasteiger partial charge in [0.15, 0.2) is 9.84 Å². The standard InChI is InChI=1S/C11H12NO2S/c1-8(15(2,13)14)10-5-3-4-9-6-7-12-11(9)10/h3-7,12H,1-2H3. The lowest BCUT2D eigenvalue weighted by atomic mass is 10.1. The molecule has 79 valence electrons. The van der Waals surface area contributed by atoms with E-state index in [1.165, 1.54) is 6.26 Å². The highest BCUT2D eigenvalue weighted by molar-refractivity contribution is 7.93. The smallest absolute Gasteiger partial charge is 0.159 e. The summed E-state index contributed by atoms with van der Waals surface area (Å²) in [5.74, 6) is 0. The first kappa shape index (κ1) is 10.2. The van der Waals surface area contributed by atoms with Crippen LogP contribution >= 0.6 is 0 Å². The molecule has 0 unspecified atom stereocenters. The number of hydrogen-bond acceptors (Lipinski definition) is 2. The summed E-state index contributed by atoms with van der Waals surface area (Å²) in [6, 6.07) is 7.55. The number of H-pyrrole nitrogens is 1. The van der Waals surface area contributed by atoms with Crippen molar-refractivity contribution in [3.63, 3.8) is 0 Å². The van der Waals surface area contributed by atoms with Gasteiger partial charge in [-0.1, -0.05) is 18.2 Å². The van der Waals surface area contributed by atoms with Crippen molar-refractivity contribution < 1.29 is 8.42 Å². The number of nitrogens with one attached hydrogen (secondary N) is 1. The van der Waals surface area contributed by atoms with Crippen molar-refractivity contribution >= 4 is 20.7 Å². The van der Waals surface area contributed by atoms with Gasteiger partial charge in [0.2, 0.25) is 0 Å². The zero-order valence-electron chi connectivity index (χ0n) is 8.61. The van der Waals surface area contributed by atoms with E-state index in [4.69, 9.17) is 0 Å². The number of sulfone groups is 1. The Morgan fingerprint density at radius 1 is 1.27 bits per heavy atom. The first-order chi connectivity index (χ1) is 7.00. The molecule has 4 heteroatoms. The maximum Gasteiger partial charge on any atom is 0.159 e. The third kappa shape index (κ3) is 1.77. The molecule has 0 spiro atoms. The van der Waals surface area contributed by atoms with E-state index >= 15 is 0 Å². The lowest BCUT2D eigenvalue weighted by Crippen LogP contribution is -2.09. The predicted octanol–water partition coefficient (Wildman–Crippen LogP) is 2.11. The number of fused-ring (bicyclic) bond motifs is 1. The molecule has 0 bridgehead atoms. The largest absolute Gasteiger partial charge is 0.361 e. The molecule has 3 nitrogen and oxygen atoms in total. The Labute approximate surface area is 89.0 Å². The molecule has 1 radical (unpaired) electrons. The second-order valence-corrected chi connectivity index (χ2v) is 5.73. The molecule has 1 aromatic carbocycles. The molecule has 0 amide bonds. The van der Waals surface area contributed by atoms with Gasteiger partial charge >= 0.3 is 0 Å². The third-order valence-corrected chi connectivity index (χ3v) is 3.86. The molecule has 2 rings (SSSR count). The van der Waals surface area contributed by atoms with Crippen LogP contribution in [0.4, 0.5) is 0 Å². The highest BCUT2D eigenvalue weighted by atomic mass is 32.2. The molecule has 0 fully saturated rings. The number of para-hydroxylation sites is 1. The van der Waals surface area contributed by atoms with Crippen LogP contribution in [0.3, 0.4) is 0 Å². The molecule has 0 aliphatic carbocycles. The fourth-order valence-electron chi connectivity index (χ4n) is 1.58. The second kappa shape index (κ2) is 3.38. The molecule has 0 aliphatic heterocycles. The van der Waals surface area contributed by atoms with Gasteiger partial charge in [-0.3, -0.25) is 0 Å². The summed E-state index contributed by atoms with van der Waals surface area (Å²) in [6.07, 6.45) is 3.04. The van der Waals surface area contributed by atoms with Gasteiger partial charge in [-0.2, -0.15) is 0 Å². The van der Waals surface area contributed by atoms with Gasteiger partial charge in [-0.25, -0.2) is 8.42 Å². The molecule has 0 atom stereocenters. The monoisotopic (exact) mass is 222 g/mol. The Morgan fingerprint density at radius 2 is 2.00 bits per heavy atom. The minimum absolute atomic E-state index is 0.399. The van der Waals surface area contributed by atoms with E-state index in [9.17, 15) is 8.42 Å². The van der Waals surface area contributed by atoms with Crippen LogP contribution in [0.2, 0.25) is 0 Å². The topological polar surface area (TPSA) is 49.9 Å². The molecule has 1 N–H and O–H groups in total. The third-order valence-electron chi connectivity index (χ3n) is 2.52. The molecule has 1 aromatic heterocycles. The van der Waals surface area contributed by atoms with Gasteiger partial charge < -0.3 is 4.98 Å². The van der Waals surface area contributed by atoms with Crippen molar-refractivity contribution in [3.8, 4) is 0 Å². The van der Waals surface area contributed by atoms with E-state index in [0.29, 0.717) is 5.25 Å². The number of aromatic nitrogens is 1. The molecule has 2 aromatic rings. The summed E-state index contributed by atoms with van der Waals surface area (Å²) in [5, 5.41) is 1.42. The predicted molar refractivity (Wildman–Crippen MR) is 61.2 cm³/mol. The van der Waals surface area contributed by atoms with Crippen LogP contribution in [-0.4, -0.2) is 19.7 Å². The van der Waals surface area contributed by atoms with Gasteiger partial charge in [0, 0.05) is 12.5 Å². The fourth-order valence-corrected chi connectivity index (χ4v) is 2.15. The zero-order valence-corrected chi connectivity index (χ0v) is 9.43. The summed E-state index contributed by atoms with van der Waals surface area (Å²) in [4.78, 5) is 3.06. The maximum atomic E-state index is 11.4. The van der Waals surface area contributed by atoms with E-state index < -0.39 is 9.84 Å². The molecule has 1 heterocycles. The summed E-state index contributed by atoms with van der Waals surface area (Å²) >= 11 is 0. The van der Waals surface area contributed by atoms with Gasteiger partial charge in [0.1, 0.15) is 5.25 Å². The van der Waals surface area contributed by atoms with Crippen LogP contribution in [0.15, 0.2) is 30.5 Å². The lowest BCUT2D eigenvalue weighted by molar-refractivity contribution is 0.604. The number of aromatic amines is 1. The highest BCUT2D eigenvalue weighted by Gasteiger charge is 2.20. The fraction of sp³-hybridized carbons (Fsp3) is 0.182. The Bertz CT molecular complexity index is 583. The lowest BCUT2D eigenvalue weighted by Gasteiger charge is -2.09. The van der Waals surface area contributed by atoms with Crippen molar-refractivity contribution in [3.05, 3.63) is 41.3 Å². The molecule has 15 heavy (non-hydrogen) atoms. The van der Waals surface area contributed by atoms with Crippen LogP contribution in [0.5, 0.6) is 0 Å². The number of rotatable bonds is 2. The first-order valence-corrected chi connectivity index (χ1v) is 6.49. The van der Waals surface area contributed by atoms with Crippen LogP contribution < -0.4 is 0 Å². The van der Waals surface area contributed by atoms with Crippen LogP contribution in [0, 0.1) is 5.25 Å². The molecule has 0 aliphatic rings. The highest BCUT2D eigenvalue weighted by Crippen LogP contribution is 2.26. The summed E-state index contributed by atoms with van der Waals surface area (Å²) in [6.45, 7) is 1.63. The van der Waals surface area contributed by atoms with E-state index in [0.717, 1.165) is 16.5 Å². The van der Waals surface area contributed by atoms with Crippen LogP contribution in [0.25, 0.3) is 10.9 Å². The average Bonchev–Trinajstić information content (AvgIpc) is 2.62. The van der Waals surface area contributed by atoms with Gasteiger partial charge in [-0.15, -0.1) is 0 Å². The average molecular weight is 222 g/mol. The Kier molecular flexibility index (Phi) is 2.31. The van der Waals surface area contributed by atoms with E-state index in [1.54, 1.807) is 6.92 Å². The van der Waals surface area contributed by atoms with Gasteiger partial charge in [-0.05, 0) is 23.9 Å². The Morgan fingerprint density at radius 3 is 2.67 bits per heavy atom.